The number of hydrogen-bond donors (Lipinski definition) is 1. The number of aromatic nitrogens is 2. The zero-order valence-electron chi connectivity index (χ0n) is 11.0. The number of thioether (sulfide) groups is 1. The van der Waals surface area contributed by atoms with Gasteiger partial charge in [0, 0.05) is 29.7 Å². The van der Waals surface area contributed by atoms with Crippen LogP contribution in [0.5, 0.6) is 0 Å². The highest BCUT2D eigenvalue weighted by Crippen LogP contribution is 2.12. The van der Waals surface area contributed by atoms with E-state index in [1.54, 1.807) is 24.2 Å². The minimum absolute atomic E-state index is 0. The zero-order valence-corrected chi connectivity index (χ0v) is 13.3. The molecule has 1 heterocycles. The average Bonchev–Trinajstić information content (AvgIpc) is 2.44. The normalized spacial score (nSPS) is 10.1. The van der Waals surface area contributed by atoms with E-state index in [2.05, 4.69) is 21.4 Å². The summed E-state index contributed by atoms with van der Waals surface area (Å²) < 4.78 is 0. The van der Waals surface area contributed by atoms with Crippen LogP contribution in [0, 0.1) is 0 Å². The van der Waals surface area contributed by atoms with Crippen molar-refractivity contribution < 1.29 is 0 Å². The smallest absolute Gasteiger partial charge is 0.187 e. The Hall–Kier alpha value is -0.810. The van der Waals surface area contributed by atoms with Gasteiger partial charge in [-0.05, 0) is 36.7 Å². The average molecular weight is 330 g/mol. The molecule has 108 valence electrons. The van der Waals surface area contributed by atoms with Crippen molar-refractivity contribution in [1.29, 1.82) is 0 Å². The summed E-state index contributed by atoms with van der Waals surface area (Å²) in [7, 11) is 0. The molecular weight excluding hydrogens is 313 g/mol. The number of benzene rings is 1. The van der Waals surface area contributed by atoms with E-state index in [1.807, 2.05) is 24.3 Å². The molecule has 2 aromatic rings. The van der Waals surface area contributed by atoms with Crippen molar-refractivity contribution in [1.82, 2.24) is 15.3 Å². The molecular formula is C14H17Cl2N3S. The minimum atomic E-state index is 0. The van der Waals surface area contributed by atoms with E-state index in [0.717, 1.165) is 35.4 Å². The number of halogens is 2. The van der Waals surface area contributed by atoms with E-state index >= 15 is 0 Å². The molecule has 0 spiro atoms. The van der Waals surface area contributed by atoms with Crippen molar-refractivity contribution in [3.8, 4) is 0 Å². The summed E-state index contributed by atoms with van der Waals surface area (Å²) >= 11 is 7.62. The molecule has 6 heteroatoms. The molecule has 20 heavy (non-hydrogen) atoms. The van der Waals surface area contributed by atoms with Gasteiger partial charge in [0.2, 0.25) is 0 Å². The van der Waals surface area contributed by atoms with Crippen molar-refractivity contribution in [2.45, 2.75) is 18.1 Å². The summed E-state index contributed by atoms with van der Waals surface area (Å²) in [4.78, 5) is 8.34. The first-order valence-electron chi connectivity index (χ1n) is 6.19. The summed E-state index contributed by atoms with van der Waals surface area (Å²) in [5.41, 5.74) is 1.21. The third-order valence-corrected chi connectivity index (χ3v) is 3.69. The van der Waals surface area contributed by atoms with Gasteiger partial charge in [-0.2, -0.15) is 0 Å². The van der Waals surface area contributed by atoms with Gasteiger partial charge >= 0.3 is 0 Å². The summed E-state index contributed by atoms with van der Waals surface area (Å²) in [6.07, 6.45) is 4.63. The first-order valence-corrected chi connectivity index (χ1v) is 7.56. The van der Waals surface area contributed by atoms with E-state index in [4.69, 9.17) is 11.6 Å². The van der Waals surface area contributed by atoms with Gasteiger partial charge < -0.3 is 5.32 Å². The highest BCUT2D eigenvalue weighted by Gasteiger charge is 1.96. The third-order valence-electron chi connectivity index (χ3n) is 2.49. The third kappa shape index (κ3) is 6.57. The van der Waals surface area contributed by atoms with E-state index in [1.165, 1.54) is 5.56 Å². The largest absolute Gasteiger partial charge is 0.313 e. The number of nitrogens with zero attached hydrogens (tertiary/aromatic N) is 2. The molecule has 0 atom stereocenters. The van der Waals surface area contributed by atoms with Crippen LogP contribution in [-0.2, 0) is 6.54 Å². The Balaban J connectivity index is 0.00000200. The van der Waals surface area contributed by atoms with Crippen molar-refractivity contribution in [2.75, 3.05) is 12.3 Å². The topological polar surface area (TPSA) is 37.8 Å². The van der Waals surface area contributed by atoms with Gasteiger partial charge in [-0.3, -0.25) is 0 Å². The molecule has 0 saturated heterocycles. The summed E-state index contributed by atoms with van der Waals surface area (Å²) in [5.74, 6) is 1.02. The molecule has 3 nitrogen and oxygen atoms in total. The Labute approximate surface area is 135 Å². The monoisotopic (exact) mass is 329 g/mol. The Bertz CT molecular complexity index is 497. The highest BCUT2D eigenvalue weighted by molar-refractivity contribution is 7.99. The molecule has 0 unspecified atom stereocenters. The van der Waals surface area contributed by atoms with Crippen molar-refractivity contribution in [3.05, 3.63) is 53.3 Å². The van der Waals surface area contributed by atoms with Gasteiger partial charge in [0.25, 0.3) is 0 Å². The predicted molar refractivity (Wildman–Crippen MR) is 87.8 cm³/mol. The number of hydrogen-bond acceptors (Lipinski definition) is 4. The van der Waals surface area contributed by atoms with Gasteiger partial charge in [-0.15, -0.1) is 12.4 Å². The maximum absolute atomic E-state index is 5.93. The van der Waals surface area contributed by atoms with Crippen LogP contribution in [0.25, 0.3) is 0 Å². The highest BCUT2D eigenvalue weighted by atomic mass is 35.5. The Kier molecular flexibility index (Phi) is 8.62. The molecule has 1 N–H and O–H groups in total. The molecule has 0 bridgehead atoms. The van der Waals surface area contributed by atoms with E-state index < -0.39 is 0 Å². The maximum atomic E-state index is 5.93. The van der Waals surface area contributed by atoms with E-state index in [-0.39, 0.29) is 12.4 Å². The molecule has 0 saturated carbocycles. The number of nitrogens with one attached hydrogen (secondary N) is 1. The second-order valence-electron chi connectivity index (χ2n) is 4.04. The number of rotatable bonds is 7. The predicted octanol–water partition coefficient (Wildman–Crippen LogP) is 3.82. The van der Waals surface area contributed by atoms with Crippen LogP contribution in [0.2, 0.25) is 5.02 Å². The quantitative estimate of drug-likeness (QED) is 0.476. The molecule has 0 aliphatic heterocycles. The Morgan fingerprint density at radius 2 is 1.95 bits per heavy atom. The molecule has 2 rings (SSSR count). The van der Waals surface area contributed by atoms with Crippen LogP contribution in [-0.4, -0.2) is 22.3 Å². The van der Waals surface area contributed by atoms with Crippen LogP contribution >= 0.6 is 35.8 Å². The lowest BCUT2D eigenvalue weighted by Gasteiger charge is -2.05. The lowest BCUT2D eigenvalue weighted by molar-refractivity contribution is 0.678. The molecule has 0 fully saturated rings. The summed E-state index contributed by atoms with van der Waals surface area (Å²) in [6, 6.07) is 9.76. The SMILES string of the molecule is Cl.Clc1cccc(CNCCCSc2ncccn2)c1. The fourth-order valence-corrected chi connectivity index (χ4v) is 2.56. The van der Waals surface area contributed by atoms with Crippen LogP contribution in [0.3, 0.4) is 0 Å². The van der Waals surface area contributed by atoms with Gasteiger partial charge in [0.05, 0.1) is 0 Å². The fourth-order valence-electron chi connectivity index (χ4n) is 1.60. The first-order chi connectivity index (χ1) is 9.34. The Morgan fingerprint density at radius 1 is 1.15 bits per heavy atom. The fraction of sp³-hybridized carbons (Fsp3) is 0.286. The van der Waals surface area contributed by atoms with Gasteiger partial charge in [-0.1, -0.05) is 35.5 Å². The first kappa shape index (κ1) is 17.2. The van der Waals surface area contributed by atoms with Crippen molar-refractivity contribution in [3.63, 3.8) is 0 Å². The van der Waals surface area contributed by atoms with Crippen LogP contribution < -0.4 is 5.32 Å². The molecule has 1 aromatic heterocycles. The van der Waals surface area contributed by atoms with Crippen LogP contribution in [0.15, 0.2) is 47.9 Å². The summed E-state index contributed by atoms with van der Waals surface area (Å²) in [6.45, 7) is 1.83. The van der Waals surface area contributed by atoms with E-state index in [9.17, 15) is 0 Å². The molecule has 0 aliphatic carbocycles. The lowest BCUT2D eigenvalue weighted by atomic mass is 10.2. The minimum Gasteiger partial charge on any atom is -0.313 e. The maximum Gasteiger partial charge on any atom is 0.187 e. The lowest BCUT2D eigenvalue weighted by Crippen LogP contribution is -2.15. The van der Waals surface area contributed by atoms with Crippen molar-refractivity contribution >= 4 is 35.8 Å². The van der Waals surface area contributed by atoms with E-state index in [0.29, 0.717) is 0 Å². The molecule has 1 aromatic carbocycles. The zero-order chi connectivity index (χ0) is 13.3. The van der Waals surface area contributed by atoms with Gasteiger partial charge in [0.15, 0.2) is 5.16 Å². The summed E-state index contributed by atoms with van der Waals surface area (Å²) in [5, 5.41) is 5.04. The van der Waals surface area contributed by atoms with Crippen molar-refractivity contribution in [2.24, 2.45) is 0 Å². The second kappa shape index (κ2) is 10.00. The molecule has 0 aliphatic rings. The van der Waals surface area contributed by atoms with Gasteiger partial charge in [-0.25, -0.2) is 9.97 Å². The second-order valence-corrected chi connectivity index (χ2v) is 5.54. The van der Waals surface area contributed by atoms with Crippen LogP contribution in [0.4, 0.5) is 0 Å². The van der Waals surface area contributed by atoms with Gasteiger partial charge in [0.1, 0.15) is 0 Å². The van der Waals surface area contributed by atoms with Crippen LogP contribution in [0.1, 0.15) is 12.0 Å². The standard InChI is InChI=1S/C14H16ClN3S.ClH/c15-13-5-1-4-12(10-13)11-16-6-3-9-19-14-17-7-2-8-18-14;/h1-2,4-5,7-8,10,16H,3,6,9,11H2;1H. The molecule has 0 radical (unpaired) electrons. The Morgan fingerprint density at radius 3 is 2.70 bits per heavy atom. The molecule has 0 amide bonds.